The van der Waals surface area contributed by atoms with Gasteiger partial charge in [0, 0.05) is 10.6 Å². The zero-order valence-corrected chi connectivity index (χ0v) is 12.2. The number of rotatable bonds is 7. The van der Waals surface area contributed by atoms with Crippen molar-refractivity contribution in [2.45, 2.75) is 18.2 Å². The summed E-state index contributed by atoms with van der Waals surface area (Å²) in [7, 11) is 0. The first kappa shape index (κ1) is 16.1. The summed E-state index contributed by atoms with van der Waals surface area (Å²) in [6, 6.07) is 7.18. The van der Waals surface area contributed by atoms with Crippen LogP contribution in [0.15, 0.2) is 65.1 Å². The van der Waals surface area contributed by atoms with E-state index < -0.39 is 5.97 Å². The van der Waals surface area contributed by atoms with Gasteiger partial charge in [0.05, 0.1) is 6.42 Å². The number of phenolic OH excluding ortho intramolecular Hbond substituents is 1. The highest BCUT2D eigenvalue weighted by Gasteiger charge is 2.01. The molecule has 0 aliphatic rings. The van der Waals surface area contributed by atoms with Crippen molar-refractivity contribution in [2.24, 2.45) is 0 Å². The van der Waals surface area contributed by atoms with Gasteiger partial charge in [-0.15, -0.1) is 11.8 Å². The predicted octanol–water partition coefficient (Wildman–Crippen LogP) is 4.02. The number of carbonyl (C=O) groups is 1. The number of carboxylic acid groups (broad SMARTS) is 1. The van der Waals surface area contributed by atoms with Crippen LogP contribution >= 0.6 is 11.8 Å². The van der Waals surface area contributed by atoms with Crippen LogP contribution in [0.3, 0.4) is 0 Å². The number of hydrogen-bond acceptors (Lipinski definition) is 3. The van der Waals surface area contributed by atoms with Crippen LogP contribution in [0.5, 0.6) is 5.75 Å². The molecule has 3 nitrogen and oxygen atoms in total. The summed E-state index contributed by atoms with van der Waals surface area (Å²) in [5, 5.41) is 18.4. The Morgan fingerprint density at radius 3 is 2.65 bits per heavy atom. The smallest absolute Gasteiger partial charge is 0.307 e. The van der Waals surface area contributed by atoms with Crippen LogP contribution in [0.4, 0.5) is 0 Å². The maximum absolute atomic E-state index is 10.6. The van der Waals surface area contributed by atoms with Gasteiger partial charge in [-0.1, -0.05) is 42.5 Å². The largest absolute Gasteiger partial charge is 0.507 e. The molecule has 0 bridgehead atoms. The number of phenols is 1. The highest BCUT2D eigenvalue weighted by Crippen LogP contribution is 2.28. The van der Waals surface area contributed by atoms with Crippen molar-refractivity contribution in [3.8, 4) is 5.75 Å². The molecule has 0 radical (unpaired) electrons. The maximum Gasteiger partial charge on any atom is 0.307 e. The number of carboxylic acids is 1. The lowest BCUT2D eigenvalue weighted by Gasteiger charge is -2.04. The maximum atomic E-state index is 10.6. The molecular weight excluding hydrogens is 272 g/mol. The average molecular weight is 290 g/mol. The first-order chi connectivity index (χ1) is 9.52. The Morgan fingerprint density at radius 2 is 2.05 bits per heavy atom. The first-order valence-corrected chi connectivity index (χ1v) is 7.13. The second kappa shape index (κ2) is 8.27. The fourth-order valence-electron chi connectivity index (χ4n) is 1.44. The second-order valence-corrected chi connectivity index (χ2v) is 5.30. The zero-order valence-electron chi connectivity index (χ0n) is 11.4. The summed E-state index contributed by atoms with van der Waals surface area (Å²) in [5.74, 6) is 0.134. The quantitative estimate of drug-likeness (QED) is 0.588. The van der Waals surface area contributed by atoms with Crippen LogP contribution in [0.25, 0.3) is 0 Å². The Labute approximate surface area is 123 Å². The number of benzene rings is 1. The van der Waals surface area contributed by atoms with E-state index in [1.54, 1.807) is 24.3 Å². The number of allylic oxidation sites excluding steroid dienone is 3. The van der Waals surface area contributed by atoms with Crippen LogP contribution in [0.1, 0.15) is 13.3 Å². The molecule has 1 rings (SSSR count). The minimum absolute atomic E-state index is 0.0279. The number of aromatic hydroxyl groups is 1. The van der Waals surface area contributed by atoms with Crippen molar-refractivity contribution in [2.75, 3.05) is 5.75 Å². The molecule has 20 heavy (non-hydrogen) atoms. The van der Waals surface area contributed by atoms with Gasteiger partial charge in [-0.2, -0.15) is 0 Å². The van der Waals surface area contributed by atoms with Crippen LogP contribution in [0, 0.1) is 0 Å². The lowest BCUT2D eigenvalue weighted by Crippen LogP contribution is -1.95. The molecule has 0 unspecified atom stereocenters. The van der Waals surface area contributed by atoms with Gasteiger partial charge in [-0.25, -0.2) is 0 Å². The molecule has 0 amide bonds. The van der Waals surface area contributed by atoms with Gasteiger partial charge in [0.2, 0.25) is 0 Å². The summed E-state index contributed by atoms with van der Waals surface area (Å²) < 4.78 is 0. The second-order valence-electron chi connectivity index (χ2n) is 4.29. The van der Waals surface area contributed by atoms with Gasteiger partial charge in [0.15, 0.2) is 0 Å². The van der Waals surface area contributed by atoms with Gasteiger partial charge in [-0.05, 0) is 24.6 Å². The molecule has 4 heteroatoms. The molecule has 0 atom stereocenters. The normalized spacial score (nSPS) is 12.2. The van der Waals surface area contributed by atoms with Crippen LogP contribution in [-0.2, 0) is 4.79 Å². The predicted molar refractivity (Wildman–Crippen MR) is 83.1 cm³/mol. The Hall–Kier alpha value is -1.94. The summed E-state index contributed by atoms with van der Waals surface area (Å²) in [4.78, 5) is 11.5. The van der Waals surface area contributed by atoms with Crippen LogP contribution < -0.4 is 0 Å². The number of aliphatic carboxylic acids is 1. The lowest BCUT2D eigenvalue weighted by atomic mass is 10.1. The summed E-state index contributed by atoms with van der Waals surface area (Å²) >= 11 is 1.54. The molecule has 0 saturated carbocycles. The van der Waals surface area contributed by atoms with Crippen molar-refractivity contribution < 1.29 is 15.0 Å². The van der Waals surface area contributed by atoms with Gasteiger partial charge in [0.1, 0.15) is 5.75 Å². The Kier molecular flexibility index (Phi) is 6.67. The SMILES string of the molecule is C=C/C(=C\C=C(/C)CSc1ccccc1O)CC(=O)O. The molecule has 2 N–H and O–H groups in total. The molecule has 0 aromatic heterocycles. The molecular formula is C16H18O3S. The third kappa shape index (κ3) is 5.80. The standard InChI is InChI=1S/C16H18O3S/c1-3-13(10-16(18)19)9-8-12(2)11-20-15-7-5-4-6-14(15)17/h3-9,17H,1,10-11H2,2H3,(H,18,19)/b12-8+,13-9+. The summed E-state index contributed by atoms with van der Waals surface area (Å²) in [6.07, 6.45) is 5.17. The van der Waals surface area contributed by atoms with E-state index in [2.05, 4.69) is 6.58 Å². The molecule has 1 aromatic carbocycles. The molecule has 0 saturated heterocycles. The van der Waals surface area contributed by atoms with E-state index in [-0.39, 0.29) is 12.2 Å². The van der Waals surface area contributed by atoms with E-state index in [4.69, 9.17) is 5.11 Å². The molecule has 0 aliphatic carbocycles. The molecule has 0 aliphatic heterocycles. The topological polar surface area (TPSA) is 57.5 Å². The summed E-state index contributed by atoms with van der Waals surface area (Å²) in [6.45, 7) is 5.56. The Balaban J connectivity index is 2.62. The highest BCUT2D eigenvalue weighted by molar-refractivity contribution is 7.99. The Bertz CT molecular complexity index is 544. The number of hydrogen-bond donors (Lipinski definition) is 2. The molecule has 0 spiro atoms. The third-order valence-corrected chi connectivity index (χ3v) is 3.78. The van der Waals surface area contributed by atoms with E-state index >= 15 is 0 Å². The lowest BCUT2D eigenvalue weighted by molar-refractivity contribution is -0.136. The molecule has 106 valence electrons. The fraction of sp³-hybridized carbons (Fsp3) is 0.188. The monoisotopic (exact) mass is 290 g/mol. The van der Waals surface area contributed by atoms with Crippen LogP contribution in [0.2, 0.25) is 0 Å². The molecule has 0 fully saturated rings. The minimum Gasteiger partial charge on any atom is -0.507 e. The van der Waals surface area contributed by atoms with Crippen molar-refractivity contribution in [1.29, 1.82) is 0 Å². The first-order valence-electron chi connectivity index (χ1n) is 6.14. The van der Waals surface area contributed by atoms with Gasteiger partial charge in [-0.3, -0.25) is 4.79 Å². The minimum atomic E-state index is -0.870. The molecule has 1 aromatic rings. The summed E-state index contributed by atoms with van der Waals surface area (Å²) in [5.41, 5.74) is 1.76. The van der Waals surface area contributed by atoms with Crippen molar-refractivity contribution in [3.05, 3.63) is 60.2 Å². The highest BCUT2D eigenvalue weighted by atomic mass is 32.2. The third-order valence-electron chi connectivity index (χ3n) is 2.52. The zero-order chi connectivity index (χ0) is 15.0. The van der Waals surface area contributed by atoms with Gasteiger partial charge in [0.25, 0.3) is 0 Å². The van der Waals surface area contributed by atoms with Crippen molar-refractivity contribution in [3.63, 3.8) is 0 Å². The average Bonchev–Trinajstić information content (AvgIpc) is 2.42. The van der Waals surface area contributed by atoms with Gasteiger partial charge < -0.3 is 10.2 Å². The van der Waals surface area contributed by atoms with E-state index in [1.165, 1.54) is 11.8 Å². The number of thioether (sulfide) groups is 1. The van der Waals surface area contributed by atoms with Crippen molar-refractivity contribution >= 4 is 17.7 Å². The van der Waals surface area contributed by atoms with Gasteiger partial charge >= 0.3 is 5.97 Å². The Morgan fingerprint density at radius 1 is 1.35 bits per heavy atom. The number of para-hydroxylation sites is 1. The van der Waals surface area contributed by atoms with E-state index in [0.717, 1.165) is 16.2 Å². The molecule has 0 heterocycles. The van der Waals surface area contributed by atoms with Crippen molar-refractivity contribution in [1.82, 2.24) is 0 Å². The van der Waals surface area contributed by atoms with Crippen LogP contribution in [-0.4, -0.2) is 21.9 Å². The van der Waals surface area contributed by atoms with E-state index in [1.807, 2.05) is 25.1 Å². The fourth-order valence-corrected chi connectivity index (χ4v) is 2.31. The van der Waals surface area contributed by atoms with E-state index in [9.17, 15) is 9.90 Å². The van der Waals surface area contributed by atoms with E-state index in [0.29, 0.717) is 5.57 Å².